The van der Waals surface area contributed by atoms with E-state index in [-0.39, 0.29) is 5.91 Å². The molecule has 2 atom stereocenters. The van der Waals surface area contributed by atoms with Crippen LogP contribution in [0.1, 0.15) is 23.7 Å². The van der Waals surface area contributed by atoms with Crippen molar-refractivity contribution in [2.75, 3.05) is 13.6 Å². The summed E-state index contributed by atoms with van der Waals surface area (Å²) in [5, 5.41) is 0.625. The Morgan fingerprint density at radius 1 is 1.59 bits per heavy atom. The second kappa shape index (κ2) is 4.99. The van der Waals surface area contributed by atoms with Crippen LogP contribution in [0.25, 0.3) is 0 Å². The van der Waals surface area contributed by atoms with Crippen LogP contribution < -0.4 is 0 Å². The number of rotatable bonds is 3. The van der Waals surface area contributed by atoms with Crippen molar-refractivity contribution in [2.24, 2.45) is 11.8 Å². The zero-order chi connectivity index (χ0) is 12.6. The number of hydrogen-bond acceptors (Lipinski definition) is 1. The summed E-state index contributed by atoms with van der Waals surface area (Å²) >= 11 is 9.24. The lowest BCUT2D eigenvalue weighted by atomic mass is 10.2. The molecule has 4 heteroatoms. The molecule has 1 aliphatic rings. The van der Waals surface area contributed by atoms with Crippen LogP contribution in [0.3, 0.4) is 0 Å². The van der Waals surface area contributed by atoms with Crippen molar-refractivity contribution >= 4 is 33.4 Å². The van der Waals surface area contributed by atoms with E-state index in [2.05, 4.69) is 22.9 Å². The van der Waals surface area contributed by atoms with Gasteiger partial charge in [0.1, 0.15) is 0 Å². The molecule has 17 heavy (non-hydrogen) atoms. The molecule has 2 unspecified atom stereocenters. The SMILES string of the molecule is CC1CC1CN(C)C(=O)c1ccc(Cl)c(Br)c1. The molecule has 0 spiro atoms. The first-order valence-electron chi connectivity index (χ1n) is 5.69. The van der Waals surface area contributed by atoms with E-state index in [9.17, 15) is 4.79 Å². The van der Waals surface area contributed by atoms with Crippen LogP contribution in [-0.2, 0) is 0 Å². The minimum atomic E-state index is 0.0569. The Labute approximate surface area is 115 Å². The predicted molar refractivity (Wildman–Crippen MR) is 73.4 cm³/mol. The number of carbonyl (C=O) groups is 1. The lowest BCUT2D eigenvalue weighted by molar-refractivity contribution is 0.0787. The van der Waals surface area contributed by atoms with Crippen molar-refractivity contribution in [3.05, 3.63) is 33.3 Å². The number of hydrogen-bond donors (Lipinski definition) is 0. The van der Waals surface area contributed by atoms with Crippen LogP contribution in [0.15, 0.2) is 22.7 Å². The first-order chi connectivity index (χ1) is 7.99. The van der Waals surface area contributed by atoms with Crippen molar-refractivity contribution in [1.29, 1.82) is 0 Å². The molecule has 1 saturated carbocycles. The summed E-state index contributed by atoms with van der Waals surface area (Å²) in [7, 11) is 1.86. The molecule has 92 valence electrons. The first kappa shape index (κ1) is 12.9. The molecule has 0 aliphatic heterocycles. The minimum absolute atomic E-state index is 0.0569. The number of nitrogens with zero attached hydrogens (tertiary/aromatic N) is 1. The normalized spacial score (nSPS) is 22.4. The molecule has 2 rings (SSSR count). The van der Waals surface area contributed by atoms with Crippen molar-refractivity contribution in [3.8, 4) is 0 Å². The van der Waals surface area contributed by atoms with Crippen LogP contribution in [0, 0.1) is 11.8 Å². The number of carbonyl (C=O) groups excluding carboxylic acids is 1. The highest BCUT2D eigenvalue weighted by molar-refractivity contribution is 9.10. The molecule has 0 bridgehead atoms. The molecule has 0 radical (unpaired) electrons. The van der Waals surface area contributed by atoms with Crippen molar-refractivity contribution in [3.63, 3.8) is 0 Å². The molecule has 1 aromatic carbocycles. The third-order valence-corrected chi connectivity index (χ3v) is 4.51. The second-order valence-corrected chi connectivity index (χ2v) is 6.05. The van der Waals surface area contributed by atoms with E-state index >= 15 is 0 Å². The molecule has 1 aromatic rings. The Bertz CT molecular complexity index is 449. The van der Waals surface area contributed by atoms with Crippen LogP contribution in [0.4, 0.5) is 0 Å². The molecule has 0 N–H and O–H groups in total. The first-order valence-corrected chi connectivity index (χ1v) is 6.86. The zero-order valence-corrected chi connectivity index (χ0v) is 12.3. The fourth-order valence-corrected chi connectivity index (χ4v) is 2.43. The fourth-order valence-electron chi connectivity index (χ4n) is 1.94. The maximum absolute atomic E-state index is 12.1. The highest BCUT2D eigenvalue weighted by Gasteiger charge is 2.34. The maximum atomic E-state index is 12.1. The monoisotopic (exact) mass is 315 g/mol. The highest BCUT2D eigenvalue weighted by atomic mass is 79.9. The van der Waals surface area contributed by atoms with E-state index < -0.39 is 0 Å². The van der Waals surface area contributed by atoms with Gasteiger partial charge in [-0.15, -0.1) is 0 Å². The molecule has 1 fully saturated rings. The summed E-state index contributed by atoms with van der Waals surface area (Å²) in [6, 6.07) is 5.28. The topological polar surface area (TPSA) is 20.3 Å². The van der Waals surface area contributed by atoms with Crippen molar-refractivity contribution < 1.29 is 4.79 Å². The van der Waals surface area contributed by atoms with Crippen LogP contribution in [-0.4, -0.2) is 24.4 Å². The Kier molecular flexibility index (Phi) is 3.79. The van der Waals surface area contributed by atoms with Gasteiger partial charge in [0.05, 0.1) is 5.02 Å². The van der Waals surface area contributed by atoms with Gasteiger partial charge in [0.25, 0.3) is 5.91 Å². The van der Waals surface area contributed by atoms with E-state index in [1.54, 1.807) is 23.1 Å². The summed E-state index contributed by atoms with van der Waals surface area (Å²) in [6.45, 7) is 3.07. The van der Waals surface area contributed by atoms with Crippen molar-refractivity contribution in [2.45, 2.75) is 13.3 Å². The van der Waals surface area contributed by atoms with Gasteiger partial charge in [-0.1, -0.05) is 18.5 Å². The minimum Gasteiger partial charge on any atom is -0.341 e. The van der Waals surface area contributed by atoms with Gasteiger partial charge in [0.2, 0.25) is 0 Å². The fraction of sp³-hybridized carbons (Fsp3) is 0.462. The van der Waals surface area contributed by atoms with Gasteiger partial charge < -0.3 is 4.90 Å². The van der Waals surface area contributed by atoms with Gasteiger partial charge in [-0.3, -0.25) is 4.79 Å². The van der Waals surface area contributed by atoms with Crippen LogP contribution >= 0.6 is 27.5 Å². The lowest BCUT2D eigenvalue weighted by Gasteiger charge is -2.17. The number of amides is 1. The predicted octanol–water partition coefficient (Wildman–Crippen LogP) is 3.83. The van der Waals surface area contributed by atoms with Crippen LogP contribution in [0.2, 0.25) is 5.02 Å². The quantitative estimate of drug-likeness (QED) is 0.830. The summed E-state index contributed by atoms with van der Waals surface area (Å²) in [5.74, 6) is 1.50. The lowest BCUT2D eigenvalue weighted by Crippen LogP contribution is -2.29. The van der Waals surface area contributed by atoms with Gasteiger partial charge in [0.15, 0.2) is 0 Å². The van der Waals surface area contributed by atoms with Gasteiger partial charge in [-0.05, 0) is 52.4 Å². The van der Waals surface area contributed by atoms with Crippen LogP contribution in [0.5, 0.6) is 0 Å². The van der Waals surface area contributed by atoms with Gasteiger partial charge >= 0.3 is 0 Å². The summed E-state index contributed by atoms with van der Waals surface area (Å²) in [5.41, 5.74) is 0.678. The largest absolute Gasteiger partial charge is 0.341 e. The molecule has 0 saturated heterocycles. The van der Waals surface area contributed by atoms with Gasteiger partial charge in [0, 0.05) is 23.6 Å². The summed E-state index contributed by atoms with van der Waals surface area (Å²) < 4.78 is 0.762. The highest BCUT2D eigenvalue weighted by Crippen LogP contribution is 2.38. The summed E-state index contributed by atoms with van der Waals surface area (Å²) in [6.07, 6.45) is 1.24. The average Bonchev–Trinajstić information content (AvgIpc) is 2.97. The van der Waals surface area contributed by atoms with Crippen molar-refractivity contribution in [1.82, 2.24) is 4.90 Å². The third kappa shape index (κ3) is 3.02. The second-order valence-electron chi connectivity index (χ2n) is 4.79. The van der Waals surface area contributed by atoms with E-state index in [4.69, 9.17) is 11.6 Å². The molecule has 1 aliphatic carbocycles. The van der Waals surface area contributed by atoms with Gasteiger partial charge in [-0.25, -0.2) is 0 Å². The van der Waals surface area contributed by atoms with E-state index in [1.807, 2.05) is 7.05 Å². The Morgan fingerprint density at radius 3 is 2.76 bits per heavy atom. The van der Waals surface area contributed by atoms with E-state index in [1.165, 1.54) is 6.42 Å². The number of halogens is 2. The third-order valence-electron chi connectivity index (χ3n) is 3.30. The Balaban J connectivity index is 2.05. The van der Waals surface area contributed by atoms with E-state index in [0.29, 0.717) is 16.5 Å². The molecular weight excluding hydrogens is 302 g/mol. The standard InChI is InChI=1S/C13H15BrClNO/c1-8-5-10(8)7-16(2)13(17)9-3-4-12(15)11(14)6-9/h3-4,6,8,10H,5,7H2,1-2H3. The molecule has 0 aromatic heterocycles. The van der Waals surface area contributed by atoms with Gasteiger partial charge in [-0.2, -0.15) is 0 Å². The smallest absolute Gasteiger partial charge is 0.253 e. The summed E-state index contributed by atoms with van der Waals surface area (Å²) in [4.78, 5) is 13.9. The molecule has 2 nitrogen and oxygen atoms in total. The molecule has 1 amide bonds. The van der Waals surface area contributed by atoms with E-state index in [0.717, 1.165) is 16.9 Å². The number of benzene rings is 1. The zero-order valence-electron chi connectivity index (χ0n) is 9.91. The Morgan fingerprint density at radius 2 is 2.24 bits per heavy atom. The molecule has 0 heterocycles. The molecular formula is C13H15BrClNO. The average molecular weight is 317 g/mol. The Hall–Kier alpha value is -0.540. The maximum Gasteiger partial charge on any atom is 0.253 e.